The topological polar surface area (TPSA) is 90.9 Å². The number of carbonyl (C=O) groups is 2. The van der Waals surface area contributed by atoms with Crippen LogP contribution < -0.4 is 10.6 Å². The lowest BCUT2D eigenvalue weighted by Crippen LogP contribution is -2.45. The Morgan fingerprint density at radius 1 is 1.35 bits per heavy atom. The van der Waals surface area contributed by atoms with Crippen molar-refractivity contribution < 1.29 is 19.4 Å². The second-order valence-corrected chi connectivity index (χ2v) is 5.56. The smallest absolute Gasteiger partial charge is 0.321 e. The lowest BCUT2D eigenvalue weighted by atomic mass is 10.00. The maximum absolute atomic E-state index is 11.7. The molecular formula is C13H23N3O4. The SMILES string of the molecule is COCCNC(=O)NC(=O)CN1CC2CCC(O)C2C1. The van der Waals surface area contributed by atoms with Crippen LogP contribution in [-0.4, -0.2) is 67.9 Å². The summed E-state index contributed by atoms with van der Waals surface area (Å²) >= 11 is 0. The van der Waals surface area contributed by atoms with Gasteiger partial charge in [-0.2, -0.15) is 0 Å². The molecule has 20 heavy (non-hydrogen) atoms. The van der Waals surface area contributed by atoms with Crippen molar-refractivity contribution in [3.63, 3.8) is 0 Å². The molecule has 1 saturated carbocycles. The van der Waals surface area contributed by atoms with E-state index in [9.17, 15) is 14.7 Å². The summed E-state index contributed by atoms with van der Waals surface area (Å²) in [6.07, 6.45) is 1.67. The molecule has 1 aliphatic heterocycles. The molecule has 0 radical (unpaired) electrons. The van der Waals surface area contributed by atoms with Crippen LogP contribution in [0.15, 0.2) is 0 Å². The van der Waals surface area contributed by atoms with Crippen molar-refractivity contribution in [2.45, 2.75) is 18.9 Å². The number of aliphatic hydroxyl groups is 1. The highest BCUT2D eigenvalue weighted by Crippen LogP contribution is 2.37. The minimum absolute atomic E-state index is 0.206. The maximum Gasteiger partial charge on any atom is 0.321 e. The molecule has 0 spiro atoms. The summed E-state index contributed by atoms with van der Waals surface area (Å²) in [4.78, 5) is 25.1. The fourth-order valence-corrected chi connectivity index (χ4v) is 3.14. The van der Waals surface area contributed by atoms with Crippen LogP contribution in [0.3, 0.4) is 0 Å². The number of methoxy groups -OCH3 is 1. The van der Waals surface area contributed by atoms with Gasteiger partial charge in [-0.15, -0.1) is 0 Å². The number of aliphatic hydroxyl groups excluding tert-OH is 1. The first-order valence-corrected chi connectivity index (χ1v) is 7.07. The zero-order chi connectivity index (χ0) is 14.5. The van der Waals surface area contributed by atoms with E-state index in [0.717, 1.165) is 25.9 Å². The molecule has 2 aliphatic rings. The van der Waals surface area contributed by atoms with Gasteiger partial charge in [-0.05, 0) is 18.8 Å². The fourth-order valence-electron chi connectivity index (χ4n) is 3.14. The average Bonchev–Trinajstić information content (AvgIpc) is 2.92. The fraction of sp³-hybridized carbons (Fsp3) is 0.846. The minimum Gasteiger partial charge on any atom is -0.393 e. The number of urea groups is 1. The van der Waals surface area contributed by atoms with E-state index in [1.165, 1.54) is 0 Å². The number of nitrogens with one attached hydrogen (secondary N) is 2. The maximum atomic E-state index is 11.7. The number of fused-ring (bicyclic) bond motifs is 1. The average molecular weight is 285 g/mol. The summed E-state index contributed by atoms with van der Waals surface area (Å²) in [6.45, 7) is 2.56. The highest BCUT2D eigenvalue weighted by Gasteiger charge is 2.42. The molecule has 7 heteroatoms. The number of imide groups is 1. The Hall–Kier alpha value is -1.18. The monoisotopic (exact) mass is 285 g/mol. The van der Waals surface area contributed by atoms with Gasteiger partial charge in [0.25, 0.3) is 0 Å². The van der Waals surface area contributed by atoms with Gasteiger partial charge in [-0.1, -0.05) is 0 Å². The van der Waals surface area contributed by atoms with Crippen LogP contribution in [0.2, 0.25) is 0 Å². The van der Waals surface area contributed by atoms with Crippen molar-refractivity contribution in [2.75, 3.05) is 39.9 Å². The predicted molar refractivity (Wildman–Crippen MR) is 72.1 cm³/mol. The van der Waals surface area contributed by atoms with Crippen LogP contribution >= 0.6 is 0 Å². The summed E-state index contributed by atoms with van der Waals surface area (Å²) in [7, 11) is 1.55. The van der Waals surface area contributed by atoms with E-state index in [2.05, 4.69) is 10.6 Å². The molecule has 3 amide bonds. The number of amides is 3. The van der Waals surface area contributed by atoms with Crippen LogP contribution in [0.25, 0.3) is 0 Å². The van der Waals surface area contributed by atoms with Gasteiger partial charge >= 0.3 is 6.03 Å². The molecule has 3 N–H and O–H groups in total. The lowest BCUT2D eigenvalue weighted by molar-refractivity contribution is -0.121. The van der Waals surface area contributed by atoms with Crippen molar-refractivity contribution in [1.82, 2.24) is 15.5 Å². The number of carbonyl (C=O) groups excluding carboxylic acids is 2. The first-order chi connectivity index (χ1) is 9.60. The van der Waals surface area contributed by atoms with Gasteiger partial charge in [0.05, 0.1) is 19.3 Å². The predicted octanol–water partition coefficient (Wildman–Crippen LogP) is -0.839. The molecule has 1 aliphatic carbocycles. The third-order valence-electron chi connectivity index (χ3n) is 4.11. The van der Waals surface area contributed by atoms with E-state index >= 15 is 0 Å². The number of hydrogen-bond acceptors (Lipinski definition) is 5. The zero-order valence-corrected chi connectivity index (χ0v) is 11.8. The van der Waals surface area contributed by atoms with Gasteiger partial charge in [-0.3, -0.25) is 15.0 Å². The molecule has 0 aromatic rings. The third kappa shape index (κ3) is 3.91. The Kier molecular flexibility index (Phi) is 5.33. The summed E-state index contributed by atoms with van der Waals surface area (Å²) in [5.41, 5.74) is 0. The number of ether oxygens (including phenoxy) is 1. The standard InChI is InChI=1S/C13H23N3O4/c1-20-5-4-14-13(19)15-12(18)8-16-6-9-2-3-11(17)10(9)7-16/h9-11,17H,2-8H2,1H3,(H2,14,15,18,19). The van der Waals surface area contributed by atoms with Crippen molar-refractivity contribution in [3.8, 4) is 0 Å². The Bertz CT molecular complexity index is 364. The molecule has 3 unspecified atom stereocenters. The van der Waals surface area contributed by atoms with E-state index in [1.807, 2.05) is 4.90 Å². The van der Waals surface area contributed by atoms with Crippen molar-refractivity contribution in [3.05, 3.63) is 0 Å². The quantitative estimate of drug-likeness (QED) is 0.573. The zero-order valence-electron chi connectivity index (χ0n) is 11.8. The third-order valence-corrected chi connectivity index (χ3v) is 4.11. The van der Waals surface area contributed by atoms with E-state index in [4.69, 9.17) is 4.74 Å². The van der Waals surface area contributed by atoms with Gasteiger partial charge < -0.3 is 15.2 Å². The number of rotatable bonds is 5. The summed E-state index contributed by atoms with van der Waals surface area (Å²) in [6, 6.07) is -0.494. The molecule has 0 aromatic carbocycles. The number of likely N-dealkylation sites (tertiary alicyclic amines) is 1. The second-order valence-electron chi connectivity index (χ2n) is 5.56. The van der Waals surface area contributed by atoms with Crippen molar-refractivity contribution in [2.24, 2.45) is 11.8 Å². The lowest BCUT2D eigenvalue weighted by Gasteiger charge is -2.17. The molecule has 0 bridgehead atoms. The van der Waals surface area contributed by atoms with E-state index in [-0.39, 0.29) is 18.6 Å². The number of hydrogen-bond donors (Lipinski definition) is 3. The number of nitrogens with zero attached hydrogens (tertiary/aromatic N) is 1. The summed E-state index contributed by atoms with van der Waals surface area (Å²) in [5, 5.41) is 14.6. The first kappa shape index (κ1) is 15.2. The Morgan fingerprint density at radius 3 is 2.85 bits per heavy atom. The first-order valence-electron chi connectivity index (χ1n) is 7.07. The molecule has 0 aromatic heterocycles. The largest absolute Gasteiger partial charge is 0.393 e. The van der Waals surface area contributed by atoms with Gasteiger partial charge in [0, 0.05) is 32.7 Å². The molecular weight excluding hydrogens is 262 g/mol. The highest BCUT2D eigenvalue weighted by atomic mass is 16.5. The van der Waals surface area contributed by atoms with Gasteiger partial charge in [0.1, 0.15) is 0 Å². The normalized spacial score (nSPS) is 29.2. The van der Waals surface area contributed by atoms with E-state index in [1.54, 1.807) is 7.11 Å². The Balaban J connectivity index is 1.66. The van der Waals surface area contributed by atoms with Crippen LogP contribution in [0, 0.1) is 11.8 Å². The molecule has 3 atom stereocenters. The molecule has 2 fully saturated rings. The van der Waals surface area contributed by atoms with Crippen LogP contribution in [0.5, 0.6) is 0 Å². The van der Waals surface area contributed by atoms with Crippen LogP contribution in [0.1, 0.15) is 12.8 Å². The minimum atomic E-state index is -0.494. The summed E-state index contributed by atoms with van der Waals surface area (Å²) in [5.74, 6) is 0.473. The summed E-state index contributed by atoms with van der Waals surface area (Å²) < 4.78 is 4.80. The second kappa shape index (κ2) is 7.01. The van der Waals surface area contributed by atoms with Gasteiger partial charge in [0.2, 0.25) is 5.91 Å². The molecule has 1 heterocycles. The molecule has 114 valence electrons. The molecule has 2 rings (SSSR count). The molecule has 1 saturated heterocycles. The Labute approximate surface area is 118 Å². The highest BCUT2D eigenvalue weighted by molar-refractivity contribution is 5.95. The van der Waals surface area contributed by atoms with Crippen LogP contribution in [0.4, 0.5) is 4.79 Å². The van der Waals surface area contributed by atoms with Crippen molar-refractivity contribution >= 4 is 11.9 Å². The van der Waals surface area contributed by atoms with Gasteiger partial charge in [-0.25, -0.2) is 4.79 Å². The van der Waals surface area contributed by atoms with E-state index < -0.39 is 6.03 Å². The van der Waals surface area contributed by atoms with Crippen molar-refractivity contribution in [1.29, 1.82) is 0 Å². The molecule has 7 nitrogen and oxygen atoms in total. The van der Waals surface area contributed by atoms with E-state index in [0.29, 0.717) is 25.0 Å². The van der Waals surface area contributed by atoms with Crippen LogP contribution in [-0.2, 0) is 9.53 Å². The Morgan fingerprint density at radius 2 is 2.15 bits per heavy atom. The van der Waals surface area contributed by atoms with Gasteiger partial charge in [0.15, 0.2) is 0 Å².